The maximum Gasteiger partial charge on any atom is 0.168 e. The smallest absolute Gasteiger partial charge is 0.168 e. The maximum absolute atomic E-state index is 13.2. The fourth-order valence-corrected chi connectivity index (χ4v) is 7.62. The molecule has 0 N–H and O–H groups in total. The van der Waals surface area contributed by atoms with Gasteiger partial charge in [-0.05, 0) is 60.7 Å². The molecule has 5 aliphatic rings. The summed E-state index contributed by atoms with van der Waals surface area (Å²) >= 11 is 0. The van der Waals surface area contributed by atoms with Crippen molar-refractivity contribution in [1.29, 1.82) is 0 Å². The number of carbonyl (C=O) groups excluding carboxylic acids is 1. The predicted octanol–water partition coefficient (Wildman–Crippen LogP) is 4.34. The molecule has 1 heterocycles. The lowest BCUT2D eigenvalue weighted by Gasteiger charge is -2.60. The van der Waals surface area contributed by atoms with Gasteiger partial charge >= 0.3 is 0 Å². The minimum absolute atomic E-state index is 0.322. The van der Waals surface area contributed by atoms with Gasteiger partial charge in [-0.15, -0.1) is 0 Å². The summed E-state index contributed by atoms with van der Waals surface area (Å²) in [5.41, 5.74) is 0.774. The Labute approximate surface area is 145 Å². The molecule has 0 bridgehead atoms. The number of ketones is 1. The third-order valence-electron chi connectivity index (χ3n) is 9.07. The standard InChI is InChI=1S/C21H32O3/c1-19-6-3-4-15(19)18-16(5-7-19)20(2)8-9-21(23-10-11-24-21)13-14(20)12-17(18)22/h14-16,18H,3-13H2,1-2H3. The molecule has 0 radical (unpaired) electrons. The Morgan fingerprint density at radius 1 is 0.958 bits per heavy atom. The van der Waals surface area contributed by atoms with Crippen molar-refractivity contribution in [3.8, 4) is 0 Å². The van der Waals surface area contributed by atoms with E-state index in [2.05, 4.69) is 13.8 Å². The monoisotopic (exact) mass is 332 g/mol. The van der Waals surface area contributed by atoms with Crippen LogP contribution in [0.15, 0.2) is 0 Å². The van der Waals surface area contributed by atoms with Crippen LogP contribution in [0.1, 0.15) is 71.6 Å². The number of hydrogen-bond acceptors (Lipinski definition) is 3. The summed E-state index contributed by atoms with van der Waals surface area (Å²) in [5.74, 6) is 2.31. The first-order valence-corrected chi connectivity index (χ1v) is 10.3. The first-order valence-electron chi connectivity index (χ1n) is 10.3. The van der Waals surface area contributed by atoms with Crippen LogP contribution in [0.4, 0.5) is 0 Å². The van der Waals surface area contributed by atoms with Gasteiger partial charge < -0.3 is 9.47 Å². The van der Waals surface area contributed by atoms with Gasteiger partial charge in [-0.1, -0.05) is 20.3 Å². The zero-order valence-corrected chi connectivity index (χ0v) is 15.3. The molecule has 0 amide bonds. The average Bonchev–Trinajstić information content (AvgIpc) is 3.16. The minimum atomic E-state index is -0.353. The van der Waals surface area contributed by atoms with Crippen molar-refractivity contribution in [3.05, 3.63) is 0 Å². The van der Waals surface area contributed by atoms with E-state index in [0.29, 0.717) is 40.3 Å². The number of hydrogen-bond donors (Lipinski definition) is 0. The van der Waals surface area contributed by atoms with Crippen LogP contribution in [0.25, 0.3) is 0 Å². The molecular weight excluding hydrogens is 300 g/mol. The first kappa shape index (κ1) is 15.8. The van der Waals surface area contributed by atoms with E-state index in [-0.39, 0.29) is 5.79 Å². The first-order chi connectivity index (χ1) is 11.5. The average molecular weight is 332 g/mol. The van der Waals surface area contributed by atoms with Gasteiger partial charge in [-0.2, -0.15) is 0 Å². The number of rotatable bonds is 0. The fourth-order valence-electron chi connectivity index (χ4n) is 7.62. The molecular formula is C21H32O3. The molecule has 1 aliphatic heterocycles. The summed E-state index contributed by atoms with van der Waals surface area (Å²) in [6, 6.07) is 0. The third kappa shape index (κ3) is 2.00. The highest BCUT2D eigenvalue weighted by Gasteiger charge is 2.62. The van der Waals surface area contributed by atoms with Gasteiger partial charge in [0.15, 0.2) is 5.79 Å². The molecule has 134 valence electrons. The third-order valence-corrected chi connectivity index (χ3v) is 9.07. The highest BCUT2D eigenvalue weighted by molar-refractivity contribution is 5.83. The van der Waals surface area contributed by atoms with Crippen LogP contribution in [0, 0.1) is 34.5 Å². The molecule has 24 heavy (non-hydrogen) atoms. The highest BCUT2D eigenvalue weighted by Crippen LogP contribution is 2.66. The molecule has 5 rings (SSSR count). The van der Waals surface area contributed by atoms with E-state index in [1.54, 1.807) is 0 Å². The van der Waals surface area contributed by atoms with Crippen molar-refractivity contribution in [3.63, 3.8) is 0 Å². The van der Waals surface area contributed by atoms with Crippen LogP contribution >= 0.6 is 0 Å². The minimum Gasteiger partial charge on any atom is -0.348 e. The van der Waals surface area contributed by atoms with Crippen LogP contribution in [0.5, 0.6) is 0 Å². The lowest BCUT2D eigenvalue weighted by Crippen LogP contribution is -2.58. The topological polar surface area (TPSA) is 35.5 Å². The Hall–Kier alpha value is -0.410. The lowest BCUT2D eigenvalue weighted by molar-refractivity contribution is -0.226. The number of carbonyl (C=O) groups is 1. The molecule has 1 spiro atoms. The van der Waals surface area contributed by atoms with Crippen molar-refractivity contribution in [2.24, 2.45) is 34.5 Å². The zero-order valence-electron chi connectivity index (χ0n) is 15.3. The molecule has 3 heteroatoms. The van der Waals surface area contributed by atoms with Gasteiger partial charge in [-0.3, -0.25) is 4.79 Å². The predicted molar refractivity (Wildman–Crippen MR) is 91.4 cm³/mol. The molecule has 5 fully saturated rings. The largest absolute Gasteiger partial charge is 0.348 e. The second-order valence-corrected chi connectivity index (χ2v) is 10.0. The van der Waals surface area contributed by atoms with Gasteiger partial charge in [0, 0.05) is 25.2 Å². The van der Waals surface area contributed by atoms with Crippen molar-refractivity contribution < 1.29 is 14.3 Å². The van der Waals surface area contributed by atoms with Gasteiger partial charge in [0.05, 0.1) is 13.2 Å². The molecule has 0 aromatic rings. The van der Waals surface area contributed by atoms with Crippen LogP contribution in [-0.2, 0) is 14.3 Å². The Morgan fingerprint density at radius 2 is 1.75 bits per heavy atom. The molecule has 6 unspecified atom stereocenters. The van der Waals surface area contributed by atoms with Gasteiger partial charge in [0.1, 0.15) is 5.78 Å². The number of ether oxygens (including phenoxy) is 2. The summed E-state index contributed by atoms with van der Waals surface area (Å²) < 4.78 is 12.0. The Bertz CT molecular complexity index is 551. The van der Waals surface area contributed by atoms with Crippen molar-refractivity contribution in [1.82, 2.24) is 0 Å². The zero-order chi connectivity index (χ0) is 16.6. The van der Waals surface area contributed by atoms with Crippen LogP contribution in [-0.4, -0.2) is 24.8 Å². The molecule has 3 nitrogen and oxygen atoms in total. The lowest BCUT2D eigenvalue weighted by atomic mass is 9.44. The van der Waals surface area contributed by atoms with E-state index in [1.807, 2.05) is 0 Å². The summed E-state index contributed by atoms with van der Waals surface area (Å²) in [5, 5.41) is 0. The van der Waals surface area contributed by atoms with E-state index in [9.17, 15) is 4.79 Å². The van der Waals surface area contributed by atoms with Crippen LogP contribution in [0.2, 0.25) is 0 Å². The van der Waals surface area contributed by atoms with Crippen LogP contribution in [0.3, 0.4) is 0 Å². The Balaban J connectivity index is 1.46. The molecule has 0 aromatic carbocycles. The highest BCUT2D eigenvalue weighted by atomic mass is 16.7. The van der Waals surface area contributed by atoms with Gasteiger partial charge in [0.25, 0.3) is 0 Å². The normalized spacial score (nSPS) is 52.8. The second-order valence-electron chi connectivity index (χ2n) is 10.0. The number of fused-ring (bicyclic) bond motifs is 5. The second kappa shape index (κ2) is 5.07. The molecule has 4 saturated carbocycles. The van der Waals surface area contributed by atoms with Gasteiger partial charge in [-0.25, -0.2) is 0 Å². The molecule has 4 aliphatic carbocycles. The number of Topliss-reactive ketones (excluding diaryl/α,β-unsaturated/α-hetero) is 1. The van der Waals surface area contributed by atoms with Crippen LogP contribution < -0.4 is 0 Å². The molecule has 6 atom stereocenters. The Kier molecular flexibility index (Phi) is 3.34. The van der Waals surface area contributed by atoms with Crippen molar-refractivity contribution in [2.45, 2.75) is 77.4 Å². The summed E-state index contributed by atoms with van der Waals surface area (Å²) in [6.45, 7) is 6.42. The summed E-state index contributed by atoms with van der Waals surface area (Å²) in [7, 11) is 0. The Morgan fingerprint density at radius 3 is 2.54 bits per heavy atom. The quantitative estimate of drug-likeness (QED) is 0.662. The van der Waals surface area contributed by atoms with E-state index in [0.717, 1.165) is 32.5 Å². The SMILES string of the molecule is CC12CCCC1C1C(=O)CC3CC4(CCC3(C)C1CC2)OCCO4. The van der Waals surface area contributed by atoms with Gasteiger partial charge in [0.2, 0.25) is 0 Å². The van der Waals surface area contributed by atoms with E-state index < -0.39 is 0 Å². The van der Waals surface area contributed by atoms with E-state index in [4.69, 9.17) is 9.47 Å². The summed E-state index contributed by atoms with van der Waals surface area (Å²) in [6.07, 6.45) is 10.5. The van der Waals surface area contributed by atoms with Crippen molar-refractivity contribution >= 4 is 5.78 Å². The molecule has 0 aromatic heterocycles. The molecule has 1 saturated heterocycles. The van der Waals surface area contributed by atoms with E-state index in [1.165, 1.54) is 38.5 Å². The fraction of sp³-hybridized carbons (Fsp3) is 0.952. The maximum atomic E-state index is 13.2. The van der Waals surface area contributed by atoms with Crippen molar-refractivity contribution in [2.75, 3.05) is 13.2 Å². The van der Waals surface area contributed by atoms with E-state index >= 15 is 0 Å². The summed E-state index contributed by atoms with van der Waals surface area (Å²) in [4.78, 5) is 13.2.